The average Bonchev–Trinajstić information content (AvgIpc) is 3.46. The fourth-order valence-corrected chi connectivity index (χ4v) is 5.97. The van der Waals surface area contributed by atoms with Gasteiger partial charge in [0, 0.05) is 36.1 Å². The van der Waals surface area contributed by atoms with E-state index in [0.29, 0.717) is 19.4 Å². The van der Waals surface area contributed by atoms with E-state index in [4.69, 9.17) is 6.42 Å². The largest absolute Gasteiger partial charge is 0.346 e. The van der Waals surface area contributed by atoms with Gasteiger partial charge in [0.15, 0.2) is 0 Å². The zero-order valence-corrected chi connectivity index (χ0v) is 29.4. The van der Waals surface area contributed by atoms with Crippen molar-refractivity contribution in [3.8, 4) is 12.3 Å². The lowest BCUT2D eigenvalue weighted by Crippen LogP contribution is -2.60. The summed E-state index contributed by atoms with van der Waals surface area (Å²) in [6.45, 7) is 18.2. The van der Waals surface area contributed by atoms with Crippen molar-refractivity contribution in [2.45, 2.75) is 135 Å². The highest BCUT2D eigenvalue weighted by atomic mass is 32.2. The van der Waals surface area contributed by atoms with E-state index in [1.807, 2.05) is 20.8 Å². The zero-order chi connectivity index (χ0) is 34.2. The number of nitrogens with zero attached hydrogens (tertiary/aromatic N) is 1. The number of likely N-dealkylation sites (tertiary alicyclic amines) is 1. The van der Waals surface area contributed by atoms with Gasteiger partial charge in [-0.05, 0) is 31.1 Å². The normalized spacial score (nSPS) is 16.9. The summed E-state index contributed by atoms with van der Waals surface area (Å²) in [4.78, 5) is 67.4. The van der Waals surface area contributed by atoms with E-state index in [9.17, 15) is 24.0 Å². The number of thioether (sulfide) groups is 1. The SMILES string of the molecule is C#CCCC(NC(=O)C1CCCN1C(=O)C(NC(=O)NC(CCCCCC)CSC(C)(C)C)C(C)(C)C)C(=O)C(=O)NCC=C. The Kier molecular flexibility index (Phi) is 17.3. The molecule has 10 nitrogen and oxygen atoms in total. The van der Waals surface area contributed by atoms with E-state index in [2.05, 4.69) is 61.5 Å². The second-order valence-electron chi connectivity index (χ2n) is 13.7. The number of hydrogen-bond acceptors (Lipinski definition) is 6. The van der Waals surface area contributed by atoms with E-state index in [0.717, 1.165) is 37.9 Å². The minimum atomic E-state index is -1.13. The summed E-state index contributed by atoms with van der Waals surface area (Å²) in [6, 6.07) is -3.33. The number of Topliss-reactive ketones (excluding diaryl/α,β-unsaturated/α-hetero) is 1. The highest BCUT2D eigenvalue weighted by molar-refractivity contribution is 8.00. The first-order valence-corrected chi connectivity index (χ1v) is 17.2. The Morgan fingerprint density at radius 1 is 1.02 bits per heavy atom. The molecular weight excluding hydrogens is 590 g/mol. The van der Waals surface area contributed by atoms with Gasteiger partial charge < -0.3 is 26.2 Å². The fraction of sp³-hybridized carbons (Fsp3) is 0.735. The Morgan fingerprint density at radius 3 is 2.29 bits per heavy atom. The molecule has 4 N–H and O–H groups in total. The van der Waals surface area contributed by atoms with Crippen LogP contribution in [0.2, 0.25) is 0 Å². The number of unbranched alkanes of at least 4 members (excludes halogenated alkanes) is 3. The Balaban J connectivity index is 3.06. The summed E-state index contributed by atoms with van der Waals surface area (Å²) < 4.78 is 0.0505. The van der Waals surface area contributed by atoms with E-state index >= 15 is 0 Å². The summed E-state index contributed by atoms with van der Waals surface area (Å²) in [6.07, 6.45) is 13.3. The molecular formula is C34H57N5O5S. The maximum Gasteiger partial charge on any atom is 0.315 e. The van der Waals surface area contributed by atoms with Crippen LogP contribution < -0.4 is 21.3 Å². The molecule has 254 valence electrons. The Bertz CT molecular complexity index is 1060. The van der Waals surface area contributed by atoms with Crippen LogP contribution in [-0.4, -0.2) is 82.2 Å². The molecule has 1 heterocycles. The molecule has 1 aliphatic rings. The number of rotatable bonds is 18. The van der Waals surface area contributed by atoms with Crippen molar-refractivity contribution in [2.24, 2.45) is 5.41 Å². The molecule has 1 rings (SSSR count). The minimum absolute atomic E-state index is 0.0479. The smallest absolute Gasteiger partial charge is 0.315 e. The number of carbonyl (C=O) groups excluding carboxylic acids is 5. The summed E-state index contributed by atoms with van der Waals surface area (Å²) >= 11 is 1.79. The van der Waals surface area contributed by atoms with Crippen molar-refractivity contribution in [1.82, 2.24) is 26.2 Å². The van der Waals surface area contributed by atoms with Crippen LogP contribution in [0.3, 0.4) is 0 Å². The average molecular weight is 648 g/mol. The van der Waals surface area contributed by atoms with Crippen molar-refractivity contribution in [3.05, 3.63) is 12.7 Å². The molecule has 1 fully saturated rings. The third-order valence-corrected chi connectivity index (χ3v) is 8.96. The molecule has 0 spiro atoms. The standard InChI is InChI=1S/C34H57N5O5S/c1-10-13-15-16-18-24(23-45-34(7,8)9)36-32(44)38-28(33(4,5)6)31(43)39-22-17-20-26(39)29(41)37-25(19-14-11-2)27(40)30(42)35-21-12-3/h2,12,24-26,28H,3,10,13-23H2,1,4-9H3,(H,35,42)(H,37,41)(H2,36,38,44). The Morgan fingerprint density at radius 2 is 1.71 bits per heavy atom. The number of carbonyl (C=O) groups is 5. The van der Waals surface area contributed by atoms with E-state index in [1.54, 1.807) is 11.8 Å². The minimum Gasteiger partial charge on any atom is -0.346 e. The first-order chi connectivity index (χ1) is 21.0. The molecule has 0 aromatic heterocycles. The molecule has 0 radical (unpaired) electrons. The van der Waals surface area contributed by atoms with Crippen molar-refractivity contribution < 1.29 is 24.0 Å². The predicted molar refractivity (Wildman–Crippen MR) is 183 cm³/mol. The van der Waals surface area contributed by atoms with Gasteiger partial charge in [-0.15, -0.1) is 18.9 Å². The third-order valence-electron chi connectivity index (χ3n) is 7.53. The van der Waals surface area contributed by atoms with Crippen LogP contribution in [0.25, 0.3) is 0 Å². The molecule has 5 amide bonds. The number of amides is 5. The Labute approximate surface area is 275 Å². The molecule has 1 saturated heterocycles. The van der Waals surface area contributed by atoms with Gasteiger partial charge in [-0.3, -0.25) is 19.2 Å². The lowest BCUT2D eigenvalue weighted by molar-refractivity contribution is -0.143. The van der Waals surface area contributed by atoms with Crippen LogP contribution >= 0.6 is 11.8 Å². The number of nitrogens with one attached hydrogen (secondary N) is 4. The highest BCUT2D eigenvalue weighted by Gasteiger charge is 2.43. The molecule has 4 unspecified atom stereocenters. The number of terminal acetylenes is 1. The zero-order valence-electron chi connectivity index (χ0n) is 28.6. The van der Waals surface area contributed by atoms with Crippen LogP contribution in [0, 0.1) is 17.8 Å². The van der Waals surface area contributed by atoms with Gasteiger partial charge in [-0.1, -0.05) is 80.2 Å². The van der Waals surface area contributed by atoms with Crippen LogP contribution in [0.15, 0.2) is 12.7 Å². The lowest BCUT2D eigenvalue weighted by Gasteiger charge is -2.36. The van der Waals surface area contributed by atoms with Gasteiger partial charge in [0.05, 0.1) is 6.04 Å². The van der Waals surface area contributed by atoms with Crippen molar-refractivity contribution in [2.75, 3.05) is 18.8 Å². The maximum absolute atomic E-state index is 14.0. The Hall–Kier alpha value is -3.00. The second-order valence-corrected chi connectivity index (χ2v) is 15.6. The summed E-state index contributed by atoms with van der Waals surface area (Å²) in [5.74, 6) is 0.647. The topological polar surface area (TPSA) is 137 Å². The molecule has 4 atom stereocenters. The van der Waals surface area contributed by atoms with Crippen LogP contribution in [-0.2, 0) is 19.2 Å². The molecule has 0 aromatic carbocycles. The third kappa shape index (κ3) is 14.8. The maximum atomic E-state index is 14.0. The van der Waals surface area contributed by atoms with E-state index in [1.165, 1.54) is 11.0 Å². The summed E-state index contributed by atoms with van der Waals surface area (Å²) in [5, 5.41) is 11.1. The predicted octanol–water partition coefficient (Wildman–Crippen LogP) is 4.33. The molecule has 1 aliphatic heterocycles. The monoisotopic (exact) mass is 647 g/mol. The molecule has 0 aromatic rings. The first-order valence-electron chi connectivity index (χ1n) is 16.2. The van der Waals surface area contributed by atoms with Crippen molar-refractivity contribution in [3.63, 3.8) is 0 Å². The van der Waals surface area contributed by atoms with Gasteiger partial charge >= 0.3 is 6.03 Å². The van der Waals surface area contributed by atoms with Gasteiger partial charge in [-0.2, -0.15) is 11.8 Å². The van der Waals surface area contributed by atoms with Gasteiger partial charge in [-0.25, -0.2) is 4.79 Å². The first kappa shape index (κ1) is 40.0. The second kappa shape index (κ2) is 19.5. The van der Waals surface area contributed by atoms with Gasteiger partial charge in [0.2, 0.25) is 17.6 Å². The number of hydrogen-bond donors (Lipinski definition) is 4. The fourth-order valence-electron chi connectivity index (χ4n) is 5.02. The van der Waals surface area contributed by atoms with E-state index < -0.39 is 47.2 Å². The van der Waals surface area contributed by atoms with Crippen LogP contribution in [0.4, 0.5) is 4.79 Å². The molecule has 11 heteroatoms. The molecule has 0 aliphatic carbocycles. The molecule has 45 heavy (non-hydrogen) atoms. The quantitative estimate of drug-likeness (QED) is 0.0757. The lowest BCUT2D eigenvalue weighted by atomic mass is 9.85. The summed E-state index contributed by atoms with van der Waals surface area (Å²) in [5.41, 5.74) is -0.649. The summed E-state index contributed by atoms with van der Waals surface area (Å²) in [7, 11) is 0. The van der Waals surface area contributed by atoms with Crippen molar-refractivity contribution >= 4 is 41.3 Å². The number of ketones is 1. The molecule has 0 saturated carbocycles. The van der Waals surface area contributed by atoms with Gasteiger partial charge in [0.25, 0.3) is 5.91 Å². The number of urea groups is 1. The highest BCUT2D eigenvalue weighted by Crippen LogP contribution is 2.27. The van der Waals surface area contributed by atoms with Crippen molar-refractivity contribution in [1.29, 1.82) is 0 Å². The van der Waals surface area contributed by atoms with Gasteiger partial charge in [0.1, 0.15) is 12.1 Å². The molecule has 0 bridgehead atoms. The van der Waals surface area contributed by atoms with Crippen LogP contribution in [0.5, 0.6) is 0 Å². The van der Waals surface area contributed by atoms with Crippen LogP contribution in [0.1, 0.15) is 106 Å². The van der Waals surface area contributed by atoms with E-state index in [-0.39, 0.29) is 36.1 Å².